The first-order valence-corrected chi connectivity index (χ1v) is 5.82. The SMILES string of the molecule is CC(C)(C)CCNC1(CCl)CCC1. The van der Waals surface area contributed by atoms with E-state index >= 15 is 0 Å². The second-order valence-corrected chi connectivity index (χ2v) is 5.77. The van der Waals surface area contributed by atoms with Gasteiger partial charge in [0.25, 0.3) is 0 Å². The Hall–Kier alpha value is 0.250. The van der Waals surface area contributed by atoms with Crippen molar-refractivity contribution in [3.8, 4) is 0 Å². The fraction of sp³-hybridized carbons (Fsp3) is 1.00. The average Bonchev–Trinajstić information content (AvgIpc) is 1.92. The molecular weight excluding hydrogens is 182 g/mol. The normalized spacial score (nSPS) is 21.2. The van der Waals surface area contributed by atoms with Crippen molar-refractivity contribution in [2.45, 2.75) is 52.0 Å². The van der Waals surface area contributed by atoms with Crippen LogP contribution in [0.3, 0.4) is 0 Å². The van der Waals surface area contributed by atoms with Gasteiger partial charge in [0.15, 0.2) is 0 Å². The largest absolute Gasteiger partial charge is 0.310 e. The molecule has 0 aliphatic heterocycles. The van der Waals surface area contributed by atoms with Crippen molar-refractivity contribution in [2.75, 3.05) is 12.4 Å². The smallest absolute Gasteiger partial charge is 0.0406 e. The summed E-state index contributed by atoms with van der Waals surface area (Å²) in [5, 5.41) is 3.61. The van der Waals surface area contributed by atoms with Crippen LogP contribution in [0.5, 0.6) is 0 Å². The van der Waals surface area contributed by atoms with Gasteiger partial charge >= 0.3 is 0 Å². The number of hydrogen-bond donors (Lipinski definition) is 1. The summed E-state index contributed by atoms with van der Waals surface area (Å²) in [6, 6.07) is 0. The lowest BCUT2D eigenvalue weighted by Gasteiger charge is -2.42. The topological polar surface area (TPSA) is 12.0 Å². The summed E-state index contributed by atoms with van der Waals surface area (Å²) in [4.78, 5) is 0. The molecule has 1 aliphatic carbocycles. The molecule has 0 amide bonds. The molecule has 0 spiro atoms. The lowest BCUT2D eigenvalue weighted by molar-refractivity contribution is 0.202. The Morgan fingerprint density at radius 2 is 1.92 bits per heavy atom. The van der Waals surface area contributed by atoms with E-state index in [4.69, 9.17) is 11.6 Å². The molecule has 0 bridgehead atoms. The van der Waals surface area contributed by atoms with Gasteiger partial charge in [-0.25, -0.2) is 0 Å². The molecule has 2 heteroatoms. The number of nitrogens with one attached hydrogen (secondary N) is 1. The fourth-order valence-electron chi connectivity index (χ4n) is 1.66. The van der Waals surface area contributed by atoms with E-state index in [9.17, 15) is 0 Å². The molecule has 0 unspecified atom stereocenters. The van der Waals surface area contributed by atoms with Crippen LogP contribution < -0.4 is 5.32 Å². The first-order chi connectivity index (χ1) is 5.97. The summed E-state index contributed by atoms with van der Waals surface area (Å²) in [7, 11) is 0. The molecule has 0 saturated heterocycles. The number of halogens is 1. The molecule has 1 N–H and O–H groups in total. The van der Waals surface area contributed by atoms with Gasteiger partial charge in [0, 0.05) is 11.4 Å². The van der Waals surface area contributed by atoms with Crippen LogP contribution in [-0.4, -0.2) is 18.0 Å². The van der Waals surface area contributed by atoms with Gasteiger partial charge in [-0.15, -0.1) is 11.6 Å². The van der Waals surface area contributed by atoms with Crippen molar-refractivity contribution >= 4 is 11.6 Å². The van der Waals surface area contributed by atoms with E-state index in [0.717, 1.165) is 12.4 Å². The zero-order valence-corrected chi connectivity index (χ0v) is 9.88. The summed E-state index contributed by atoms with van der Waals surface area (Å²) in [5.41, 5.74) is 0.733. The molecule has 0 heterocycles. The highest BCUT2D eigenvalue weighted by atomic mass is 35.5. The van der Waals surface area contributed by atoms with Gasteiger partial charge in [-0.3, -0.25) is 0 Å². The second kappa shape index (κ2) is 4.18. The Kier molecular flexibility index (Phi) is 3.64. The minimum atomic E-state index is 0.298. The zero-order chi connectivity index (χ0) is 9.95. The predicted octanol–water partition coefficient (Wildman–Crippen LogP) is 3.17. The van der Waals surface area contributed by atoms with Gasteiger partial charge in [0.1, 0.15) is 0 Å². The van der Waals surface area contributed by atoms with Crippen LogP contribution in [0, 0.1) is 5.41 Å². The third kappa shape index (κ3) is 3.47. The van der Waals surface area contributed by atoms with Crippen LogP contribution >= 0.6 is 11.6 Å². The van der Waals surface area contributed by atoms with Crippen molar-refractivity contribution < 1.29 is 0 Å². The zero-order valence-electron chi connectivity index (χ0n) is 9.12. The van der Waals surface area contributed by atoms with Crippen LogP contribution in [0.4, 0.5) is 0 Å². The van der Waals surface area contributed by atoms with Gasteiger partial charge in [-0.2, -0.15) is 0 Å². The van der Waals surface area contributed by atoms with Crippen molar-refractivity contribution in [1.29, 1.82) is 0 Å². The maximum atomic E-state index is 5.95. The first kappa shape index (κ1) is 11.3. The van der Waals surface area contributed by atoms with E-state index in [-0.39, 0.29) is 0 Å². The molecule has 78 valence electrons. The highest BCUT2D eigenvalue weighted by Gasteiger charge is 2.35. The molecule has 1 fully saturated rings. The third-order valence-electron chi connectivity index (χ3n) is 2.94. The van der Waals surface area contributed by atoms with Gasteiger partial charge in [0.05, 0.1) is 0 Å². The van der Waals surface area contributed by atoms with Crippen LogP contribution in [-0.2, 0) is 0 Å². The van der Waals surface area contributed by atoms with Crippen LogP contribution in [0.1, 0.15) is 46.5 Å². The molecule has 0 radical (unpaired) electrons. The molecule has 1 nitrogen and oxygen atoms in total. The van der Waals surface area contributed by atoms with Crippen LogP contribution in [0.2, 0.25) is 0 Å². The number of rotatable bonds is 4. The maximum absolute atomic E-state index is 5.95. The van der Waals surface area contributed by atoms with Gasteiger partial charge in [-0.05, 0) is 37.6 Å². The highest BCUT2D eigenvalue weighted by molar-refractivity contribution is 6.18. The molecule has 13 heavy (non-hydrogen) atoms. The molecular formula is C11H22ClN. The van der Waals surface area contributed by atoms with E-state index in [1.165, 1.54) is 25.7 Å². The van der Waals surface area contributed by atoms with E-state index < -0.39 is 0 Å². The fourth-order valence-corrected chi connectivity index (χ4v) is 2.03. The second-order valence-electron chi connectivity index (χ2n) is 5.50. The monoisotopic (exact) mass is 203 g/mol. The Morgan fingerprint density at radius 3 is 2.23 bits per heavy atom. The molecule has 0 atom stereocenters. The maximum Gasteiger partial charge on any atom is 0.0406 e. The lowest BCUT2D eigenvalue weighted by atomic mass is 9.78. The van der Waals surface area contributed by atoms with E-state index in [1.54, 1.807) is 0 Å². The van der Waals surface area contributed by atoms with Crippen molar-refractivity contribution in [3.05, 3.63) is 0 Å². The van der Waals surface area contributed by atoms with Crippen molar-refractivity contribution in [2.24, 2.45) is 5.41 Å². The quantitative estimate of drug-likeness (QED) is 0.693. The van der Waals surface area contributed by atoms with E-state index in [1.807, 2.05) is 0 Å². The summed E-state index contributed by atoms with van der Waals surface area (Å²) in [6.45, 7) is 7.95. The standard InChI is InChI=1S/C11H22ClN/c1-10(2,3)7-8-13-11(9-12)5-4-6-11/h13H,4-9H2,1-3H3. The van der Waals surface area contributed by atoms with E-state index in [2.05, 4.69) is 26.1 Å². The lowest BCUT2D eigenvalue weighted by Crippen LogP contribution is -2.53. The molecule has 0 aromatic rings. The van der Waals surface area contributed by atoms with Crippen LogP contribution in [0.15, 0.2) is 0 Å². The number of hydrogen-bond acceptors (Lipinski definition) is 1. The Morgan fingerprint density at radius 1 is 1.31 bits per heavy atom. The van der Waals surface area contributed by atoms with Crippen molar-refractivity contribution in [1.82, 2.24) is 5.32 Å². The van der Waals surface area contributed by atoms with Crippen molar-refractivity contribution in [3.63, 3.8) is 0 Å². The van der Waals surface area contributed by atoms with Gasteiger partial charge < -0.3 is 5.32 Å². The minimum Gasteiger partial charge on any atom is -0.310 e. The average molecular weight is 204 g/mol. The van der Waals surface area contributed by atoms with E-state index in [0.29, 0.717) is 11.0 Å². The molecule has 1 rings (SSSR count). The summed E-state index contributed by atoms with van der Waals surface area (Å²) >= 11 is 5.95. The molecule has 0 aromatic carbocycles. The summed E-state index contributed by atoms with van der Waals surface area (Å²) < 4.78 is 0. The third-order valence-corrected chi connectivity index (χ3v) is 3.45. The first-order valence-electron chi connectivity index (χ1n) is 5.29. The minimum absolute atomic E-state index is 0.298. The highest BCUT2D eigenvalue weighted by Crippen LogP contribution is 2.33. The Labute approximate surface area is 87.2 Å². The van der Waals surface area contributed by atoms with Gasteiger partial charge in [-0.1, -0.05) is 20.8 Å². The van der Waals surface area contributed by atoms with Crippen LogP contribution in [0.25, 0.3) is 0 Å². The van der Waals surface area contributed by atoms with Gasteiger partial charge in [0.2, 0.25) is 0 Å². The Bertz CT molecular complexity index is 150. The molecule has 1 aliphatic rings. The molecule has 1 saturated carbocycles. The predicted molar refractivity (Wildman–Crippen MR) is 59.4 cm³/mol. The number of alkyl halides is 1. The summed E-state index contributed by atoms with van der Waals surface area (Å²) in [5.74, 6) is 0.775. The molecule has 0 aromatic heterocycles. The summed E-state index contributed by atoms with van der Waals surface area (Å²) in [6.07, 6.45) is 5.10. The Balaban J connectivity index is 2.18.